The Balaban J connectivity index is 1.86. The molecule has 3 N–H and O–H groups in total. The minimum atomic E-state index is 0.384. The summed E-state index contributed by atoms with van der Waals surface area (Å²) in [5.41, 5.74) is 0.954. The molecule has 0 saturated heterocycles. The van der Waals surface area contributed by atoms with E-state index in [0.717, 1.165) is 18.0 Å². The van der Waals surface area contributed by atoms with Gasteiger partial charge in [0.2, 0.25) is 0 Å². The van der Waals surface area contributed by atoms with Crippen molar-refractivity contribution in [3.63, 3.8) is 0 Å². The maximum Gasteiger partial charge on any atom is 0.171 e. The average molecular weight is 351 g/mol. The summed E-state index contributed by atoms with van der Waals surface area (Å²) < 4.78 is 5.43. The third kappa shape index (κ3) is 5.49. The molecule has 0 saturated carbocycles. The molecule has 0 unspecified atom stereocenters. The molecule has 0 fully saturated rings. The van der Waals surface area contributed by atoms with Gasteiger partial charge in [0.15, 0.2) is 5.11 Å². The van der Waals surface area contributed by atoms with Crippen molar-refractivity contribution in [1.29, 1.82) is 0 Å². The molecule has 4 nitrogen and oxygen atoms in total. The van der Waals surface area contributed by atoms with E-state index in [9.17, 15) is 0 Å². The molecule has 6 heteroatoms. The first-order valence-corrected chi connectivity index (χ1v) is 9.00. The minimum absolute atomic E-state index is 0.384. The lowest BCUT2D eigenvalue weighted by Gasteiger charge is -2.21. The average Bonchev–Trinajstić information content (AvgIpc) is 3.03. The Bertz CT molecular complexity index is 597. The standard InChI is InChI=1S/C17H23N3OS2/c1-4-21-14-9-7-13(8-10-14)19-17(22)18-12-15(20(2)3)16-6-5-11-23-16/h5-11,15H,4,12H2,1-3H3,(H2,18,19,22)/p+1/t15-/m1/s1. The van der Waals surface area contributed by atoms with Crippen LogP contribution in [0.15, 0.2) is 41.8 Å². The second-order valence-electron chi connectivity index (χ2n) is 5.44. The van der Waals surface area contributed by atoms with Crippen LogP contribution < -0.4 is 20.3 Å². The fraction of sp³-hybridized carbons (Fsp3) is 0.353. The van der Waals surface area contributed by atoms with Gasteiger partial charge in [-0.2, -0.15) is 0 Å². The predicted octanol–water partition coefficient (Wildman–Crippen LogP) is 2.32. The number of likely N-dealkylation sites (N-methyl/N-ethyl adjacent to an activating group) is 1. The molecule has 1 aromatic heterocycles. The molecule has 0 aliphatic heterocycles. The Labute approximate surface area is 147 Å². The Morgan fingerprint density at radius 3 is 2.57 bits per heavy atom. The van der Waals surface area contributed by atoms with Crippen molar-refractivity contribution in [3.8, 4) is 5.75 Å². The molecular weight excluding hydrogens is 326 g/mol. The highest BCUT2D eigenvalue weighted by molar-refractivity contribution is 7.80. The summed E-state index contributed by atoms with van der Waals surface area (Å²) >= 11 is 7.18. The molecule has 2 rings (SSSR count). The third-order valence-corrected chi connectivity index (χ3v) is 4.71. The van der Waals surface area contributed by atoms with E-state index in [4.69, 9.17) is 17.0 Å². The molecule has 2 aromatic rings. The predicted molar refractivity (Wildman–Crippen MR) is 102 cm³/mol. The molecule has 23 heavy (non-hydrogen) atoms. The minimum Gasteiger partial charge on any atom is -0.494 e. The van der Waals surface area contributed by atoms with Gasteiger partial charge in [-0.3, -0.25) is 0 Å². The van der Waals surface area contributed by atoms with E-state index in [2.05, 4.69) is 42.2 Å². The molecule has 0 bridgehead atoms. The maximum absolute atomic E-state index is 5.43. The van der Waals surface area contributed by atoms with Crippen LogP contribution >= 0.6 is 23.6 Å². The molecule has 1 aromatic carbocycles. The summed E-state index contributed by atoms with van der Waals surface area (Å²) in [7, 11) is 4.32. The molecule has 1 atom stereocenters. The fourth-order valence-electron chi connectivity index (χ4n) is 2.25. The van der Waals surface area contributed by atoms with Crippen molar-refractivity contribution in [2.75, 3.05) is 32.6 Å². The number of nitrogens with one attached hydrogen (secondary N) is 3. The molecule has 0 amide bonds. The first-order chi connectivity index (χ1) is 11.1. The zero-order valence-corrected chi connectivity index (χ0v) is 15.4. The zero-order valence-electron chi connectivity index (χ0n) is 13.8. The molecule has 124 valence electrons. The van der Waals surface area contributed by atoms with E-state index in [1.54, 1.807) is 11.3 Å². The highest BCUT2D eigenvalue weighted by Crippen LogP contribution is 2.17. The van der Waals surface area contributed by atoms with Crippen molar-refractivity contribution < 1.29 is 9.64 Å². The summed E-state index contributed by atoms with van der Waals surface area (Å²) in [5, 5.41) is 9.27. The summed E-state index contributed by atoms with van der Waals surface area (Å²) in [5.74, 6) is 0.867. The van der Waals surface area contributed by atoms with Crippen LogP contribution in [0.2, 0.25) is 0 Å². The molecule has 0 radical (unpaired) electrons. The number of thiocarbonyl (C=S) groups is 1. The summed E-state index contributed by atoms with van der Waals surface area (Å²) in [4.78, 5) is 2.74. The van der Waals surface area contributed by atoms with E-state index in [0.29, 0.717) is 17.8 Å². The lowest BCUT2D eigenvalue weighted by Crippen LogP contribution is -3.06. The SMILES string of the molecule is CCOc1ccc(NC(=S)NC[C@H](c2cccs2)[NH+](C)C)cc1. The van der Waals surface area contributed by atoms with Crippen LogP contribution in [0, 0.1) is 0 Å². The zero-order chi connectivity index (χ0) is 16.7. The Hall–Kier alpha value is -1.63. The van der Waals surface area contributed by atoms with Crippen LogP contribution in [0.1, 0.15) is 17.8 Å². The molecule has 0 aliphatic rings. The Morgan fingerprint density at radius 1 is 1.26 bits per heavy atom. The van der Waals surface area contributed by atoms with Gasteiger partial charge in [0, 0.05) is 5.69 Å². The summed E-state index contributed by atoms with van der Waals surface area (Å²) in [6.07, 6.45) is 0. The lowest BCUT2D eigenvalue weighted by atomic mass is 10.2. The van der Waals surface area contributed by atoms with Crippen LogP contribution in [-0.4, -0.2) is 32.4 Å². The number of quaternary nitrogens is 1. The quantitative estimate of drug-likeness (QED) is 0.670. The van der Waals surface area contributed by atoms with Crippen LogP contribution in [0.4, 0.5) is 5.69 Å². The van der Waals surface area contributed by atoms with E-state index in [1.807, 2.05) is 31.2 Å². The number of rotatable bonds is 7. The first kappa shape index (κ1) is 17.7. The van der Waals surface area contributed by atoms with Gasteiger partial charge in [-0.15, -0.1) is 11.3 Å². The van der Waals surface area contributed by atoms with Gasteiger partial charge in [0.05, 0.1) is 32.1 Å². The van der Waals surface area contributed by atoms with Gasteiger partial charge in [-0.25, -0.2) is 0 Å². The maximum atomic E-state index is 5.43. The molecule has 1 heterocycles. The second-order valence-corrected chi connectivity index (χ2v) is 6.83. The highest BCUT2D eigenvalue weighted by Gasteiger charge is 2.18. The molecule has 0 aliphatic carbocycles. The van der Waals surface area contributed by atoms with Gasteiger partial charge in [-0.05, 0) is 54.9 Å². The lowest BCUT2D eigenvalue weighted by molar-refractivity contribution is -0.890. The fourth-order valence-corrected chi connectivity index (χ4v) is 3.41. The number of ether oxygens (including phenoxy) is 1. The number of thiophene rings is 1. The van der Waals surface area contributed by atoms with E-state index < -0.39 is 0 Å². The van der Waals surface area contributed by atoms with Crippen molar-refractivity contribution in [1.82, 2.24) is 5.32 Å². The topological polar surface area (TPSA) is 37.7 Å². The van der Waals surface area contributed by atoms with Crippen molar-refractivity contribution in [2.24, 2.45) is 0 Å². The third-order valence-electron chi connectivity index (χ3n) is 3.47. The largest absolute Gasteiger partial charge is 0.494 e. The summed E-state index contributed by atoms with van der Waals surface area (Å²) in [6.45, 7) is 3.44. The number of benzene rings is 1. The van der Waals surface area contributed by atoms with Gasteiger partial charge in [0.25, 0.3) is 0 Å². The number of hydrogen-bond acceptors (Lipinski definition) is 3. The van der Waals surface area contributed by atoms with Crippen LogP contribution in [0.3, 0.4) is 0 Å². The molecular formula is C17H24N3OS2+. The number of anilines is 1. The molecule has 0 spiro atoms. The highest BCUT2D eigenvalue weighted by atomic mass is 32.1. The van der Waals surface area contributed by atoms with Gasteiger partial charge >= 0.3 is 0 Å². The van der Waals surface area contributed by atoms with Gasteiger partial charge < -0.3 is 20.3 Å². The van der Waals surface area contributed by atoms with Gasteiger partial charge in [0.1, 0.15) is 11.8 Å². The van der Waals surface area contributed by atoms with E-state index in [-0.39, 0.29) is 0 Å². The van der Waals surface area contributed by atoms with Crippen molar-refractivity contribution >= 4 is 34.4 Å². The summed E-state index contributed by atoms with van der Waals surface area (Å²) in [6, 6.07) is 12.5. The number of hydrogen-bond donors (Lipinski definition) is 3. The van der Waals surface area contributed by atoms with E-state index >= 15 is 0 Å². The smallest absolute Gasteiger partial charge is 0.171 e. The van der Waals surface area contributed by atoms with Crippen molar-refractivity contribution in [2.45, 2.75) is 13.0 Å². The monoisotopic (exact) mass is 350 g/mol. The van der Waals surface area contributed by atoms with Gasteiger partial charge in [-0.1, -0.05) is 6.07 Å². The van der Waals surface area contributed by atoms with Crippen molar-refractivity contribution in [3.05, 3.63) is 46.7 Å². The Morgan fingerprint density at radius 2 is 2.00 bits per heavy atom. The van der Waals surface area contributed by atoms with Crippen LogP contribution in [0.25, 0.3) is 0 Å². The Kier molecular flexibility index (Phi) is 6.83. The van der Waals surface area contributed by atoms with E-state index in [1.165, 1.54) is 9.78 Å². The first-order valence-electron chi connectivity index (χ1n) is 7.71. The normalized spacial score (nSPS) is 12.0. The van der Waals surface area contributed by atoms with Crippen LogP contribution in [-0.2, 0) is 0 Å². The second kappa shape index (κ2) is 8.86. The van der Waals surface area contributed by atoms with Crippen LogP contribution in [0.5, 0.6) is 5.75 Å².